The smallest absolute Gasteiger partial charge is 0.291 e. The Hall–Kier alpha value is -4.56. The van der Waals surface area contributed by atoms with Crippen molar-refractivity contribution in [2.24, 2.45) is 15.3 Å². The lowest BCUT2D eigenvalue weighted by atomic mass is 9.93. The number of fused-ring (bicyclic) bond motifs is 1. The molecule has 0 aliphatic heterocycles. The molecule has 8 nitrogen and oxygen atoms in total. The van der Waals surface area contributed by atoms with E-state index in [2.05, 4.69) is 26.1 Å². The van der Waals surface area contributed by atoms with Gasteiger partial charge in [0.2, 0.25) is 0 Å². The highest BCUT2D eigenvalue weighted by atomic mass is 35.5. The predicted octanol–water partition coefficient (Wildman–Crippen LogP) is 7.38. The molecule has 2 N–H and O–H groups in total. The molecule has 0 fully saturated rings. The normalized spacial score (nSPS) is 13.9. The van der Waals surface area contributed by atoms with Gasteiger partial charge < -0.3 is 9.73 Å². The number of halogens is 1. The van der Waals surface area contributed by atoms with Crippen molar-refractivity contribution in [2.75, 3.05) is 5.32 Å². The Morgan fingerprint density at radius 3 is 2.26 bits per heavy atom. The molecule has 0 bridgehead atoms. The number of aryl methyl sites for hydroxylation is 1. The van der Waals surface area contributed by atoms with Crippen LogP contribution < -0.4 is 10.7 Å². The molecule has 1 aliphatic carbocycles. The predicted molar refractivity (Wildman–Crippen MR) is 147 cm³/mol. The average molecular weight is 526 g/mol. The van der Waals surface area contributed by atoms with E-state index in [-0.39, 0.29) is 11.7 Å². The van der Waals surface area contributed by atoms with Crippen LogP contribution in [0.2, 0.25) is 5.02 Å². The van der Waals surface area contributed by atoms with Crippen molar-refractivity contribution in [1.82, 2.24) is 5.43 Å². The second-order valence-corrected chi connectivity index (χ2v) is 9.13. The molecule has 9 heteroatoms. The molecule has 190 valence electrons. The van der Waals surface area contributed by atoms with Gasteiger partial charge in [0.25, 0.3) is 11.8 Å². The number of amides is 2. The van der Waals surface area contributed by atoms with Gasteiger partial charge in [-0.15, -0.1) is 0 Å². The number of hydrazone groups is 1. The average Bonchev–Trinajstić information content (AvgIpc) is 3.29. The maximum absolute atomic E-state index is 13.1. The number of rotatable bonds is 6. The number of carbonyl (C=O) groups excluding carboxylic acids is 2. The third kappa shape index (κ3) is 5.55. The Balaban J connectivity index is 1.29. The first-order valence-electron chi connectivity index (χ1n) is 12.1. The summed E-state index contributed by atoms with van der Waals surface area (Å²) in [7, 11) is 0. The lowest BCUT2D eigenvalue weighted by Crippen LogP contribution is -2.22. The highest BCUT2D eigenvalue weighted by Gasteiger charge is 2.28. The van der Waals surface area contributed by atoms with E-state index in [1.165, 1.54) is 0 Å². The minimum atomic E-state index is -0.402. The zero-order chi connectivity index (χ0) is 26.5. The van der Waals surface area contributed by atoms with E-state index in [9.17, 15) is 9.59 Å². The minimum Gasteiger partial charge on any atom is -0.455 e. The molecular weight excluding hydrogens is 502 g/mol. The molecule has 0 atom stereocenters. The van der Waals surface area contributed by atoms with Gasteiger partial charge >= 0.3 is 0 Å². The summed E-state index contributed by atoms with van der Waals surface area (Å²) in [6.45, 7) is 1.82. The molecule has 4 aromatic rings. The van der Waals surface area contributed by atoms with Crippen LogP contribution in [0, 0.1) is 6.92 Å². The van der Waals surface area contributed by atoms with Gasteiger partial charge in [0.05, 0.1) is 27.7 Å². The van der Waals surface area contributed by atoms with Crippen LogP contribution in [-0.2, 0) is 6.42 Å². The number of carbonyl (C=O) groups is 2. The van der Waals surface area contributed by atoms with Gasteiger partial charge in [0.1, 0.15) is 5.76 Å². The van der Waals surface area contributed by atoms with Crippen molar-refractivity contribution in [1.29, 1.82) is 0 Å². The number of furan rings is 1. The molecule has 1 heterocycles. The fourth-order valence-electron chi connectivity index (χ4n) is 4.23. The van der Waals surface area contributed by atoms with Crippen LogP contribution in [0.3, 0.4) is 0 Å². The maximum Gasteiger partial charge on any atom is 0.291 e. The highest BCUT2D eigenvalue weighted by Crippen LogP contribution is 2.30. The lowest BCUT2D eigenvalue weighted by Gasteiger charge is -2.13. The summed E-state index contributed by atoms with van der Waals surface area (Å²) >= 11 is 6.12. The molecular formula is C29H24ClN5O3. The van der Waals surface area contributed by atoms with Crippen molar-refractivity contribution in [3.8, 4) is 0 Å². The second kappa shape index (κ2) is 11.2. The summed E-state index contributed by atoms with van der Waals surface area (Å²) in [5, 5.41) is 16.0. The fourth-order valence-corrected chi connectivity index (χ4v) is 4.45. The molecule has 2 amide bonds. The fraction of sp³-hybridized carbons (Fsp3) is 0.138. The first kappa shape index (κ1) is 25.1. The molecule has 38 heavy (non-hydrogen) atoms. The van der Waals surface area contributed by atoms with Crippen LogP contribution in [0.1, 0.15) is 50.6 Å². The standard InChI is InChI=1S/C29H24ClN5O3/c1-18-26-24(34-35-28(36)22-10-5-6-11-23(22)30)12-7-13-25(26)38-27(18)29(37)31-19-14-16-21(17-15-19)33-32-20-8-3-2-4-9-20/h2-6,8-11,14-17H,7,12-13H2,1H3,(H,31,37)(H,35,36). The monoisotopic (exact) mass is 525 g/mol. The SMILES string of the molecule is Cc1c(C(=O)Nc2ccc(N=Nc3ccccc3)cc2)oc2c1C(=NNC(=O)c1ccccc1Cl)CCC2. The number of benzene rings is 3. The topological polar surface area (TPSA) is 108 Å². The van der Waals surface area contributed by atoms with Crippen molar-refractivity contribution < 1.29 is 14.0 Å². The number of anilines is 1. The van der Waals surface area contributed by atoms with Gasteiger partial charge in [-0.2, -0.15) is 15.3 Å². The van der Waals surface area contributed by atoms with Crippen LogP contribution in [0.15, 0.2) is 98.6 Å². The zero-order valence-corrected chi connectivity index (χ0v) is 21.3. The third-order valence-electron chi connectivity index (χ3n) is 6.11. The largest absolute Gasteiger partial charge is 0.455 e. The Bertz CT molecular complexity index is 1540. The third-order valence-corrected chi connectivity index (χ3v) is 6.43. The van der Waals surface area contributed by atoms with E-state index < -0.39 is 5.91 Å². The van der Waals surface area contributed by atoms with E-state index in [1.807, 2.05) is 37.3 Å². The van der Waals surface area contributed by atoms with Gasteiger partial charge in [-0.3, -0.25) is 9.59 Å². The summed E-state index contributed by atoms with van der Waals surface area (Å²) in [5.41, 5.74) is 7.05. The Labute approximate surface area is 224 Å². The van der Waals surface area contributed by atoms with Crippen LogP contribution in [0.5, 0.6) is 0 Å². The molecule has 5 rings (SSSR count). The van der Waals surface area contributed by atoms with Crippen molar-refractivity contribution in [3.63, 3.8) is 0 Å². The number of hydrogen-bond donors (Lipinski definition) is 2. The van der Waals surface area contributed by atoms with Gasteiger partial charge in [-0.1, -0.05) is 41.9 Å². The summed E-state index contributed by atoms with van der Waals surface area (Å²) in [5.74, 6) is 0.132. The number of nitrogens with one attached hydrogen (secondary N) is 2. The Kier molecular flexibility index (Phi) is 7.42. The highest BCUT2D eigenvalue weighted by molar-refractivity contribution is 6.33. The van der Waals surface area contributed by atoms with E-state index in [1.54, 1.807) is 48.5 Å². The first-order valence-corrected chi connectivity index (χ1v) is 12.5. The first-order chi connectivity index (χ1) is 18.5. The molecule has 0 spiro atoms. The molecule has 0 unspecified atom stereocenters. The van der Waals surface area contributed by atoms with Crippen LogP contribution >= 0.6 is 11.6 Å². The maximum atomic E-state index is 13.1. The molecule has 1 aliphatic rings. The Morgan fingerprint density at radius 2 is 1.53 bits per heavy atom. The molecule has 0 radical (unpaired) electrons. The summed E-state index contributed by atoms with van der Waals surface area (Å²) in [4.78, 5) is 25.6. The lowest BCUT2D eigenvalue weighted by molar-refractivity contribution is 0.0953. The van der Waals surface area contributed by atoms with Crippen LogP contribution in [0.25, 0.3) is 0 Å². The molecule has 0 saturated carbocycles. The number of azo groups is 1. The van der Waals surface area contributed by atoms with Crippen molar-refractivity contribution in [2.45, 2.75) is 26.2 Å². The summed E-state index contributed by atoms with van der Waals surface area (Å²) < 4.78 is 5.96. The second-order valence-electron chi connectivity index (χ2n) is 8.72. The van der Waals surface area contributed by atoms with Gasteiger partial charge in [-0.05, 0) is 68.3 Å². The van der Waals surface area contributed by atoms with Crippen molar-refractivity contribution in [3.05, 3.63) is 112 Å². The van der Waals surface area contributed by atoms with E-state index in [0.717, 1.165) is 17.7 Å². The summed E-state index contributed by atoms with van der Waals surface area (Å²) in [6, 6.07) is 23.3. The number of nitrogens with zero attached hydrogens (tertiary/aromatic N) is 3. The van der Waals surface area contributed by atoms with E-state index >= 15 is 0 Å². The van der Waals surface area contributed by atoms with Gasteiger partial charge in [0.15, 0.2) is 5.76 Å². The molecule has 1 aromatic heterocycles. The Morgan fingerprint density at radius 1 is 0.842 bits per heavy atom. The van der Waals surface area contributed by atoms with Crippen LogP contribution in [-0.4, -0.2) is 17.5 Å². The molecule has 3 aromatic carbocycles. The number of hydrogen-bond acceptors (Lipinski definition) is 6. The summed E-state index contributed by atoms with van der Waals surface area (Å²) in [6.07, 6.45) is 2.12. The van der Waals surface area contributed by atoms with Gasteiger partial charge in [-0.25, -0.2) is 5.43 Å². The van der Waals surface area contributed by atoms with E-state index in [0.29, 0.717) is 51.8 Å². The molecule has 0 saturated heterocycles. The van der Waals surface area contributed by atoms with Gasteiger partial charge in [0, 0.05) is 23.2 Å². The zero-order valence-electron chi connectivity index (χ0n) is 20.6. The van der Waals surface area contributed by atoms with Crippen LogP contribution in [0.4, 0.5) is 17.1 Å². The van der Waals surface area contributed by atoms with E-state index in [4.69, 9.17) is 16.0 Å². The minimum absolute atomic E-state index is 0.217. The van der Waals surface area contributed by atoms with Crippen molar-refractivity contribution >= 4 is 46.2 Å². The quantitative estimate of drug-likeness (QED) is 0.202.